The summed E-state index contributed by atoms with van der Waals surface area (Å²) >= 11 is 0. The predicted molar refractivity (Wildman–Crippen MR) is 78.1 cm³/mol. The molecule has 1 rings (SSSR count). The zero-order chi connectivity index (χ0) is 14.6. The lowest BCUT2D eigenvalue weighted by Gasteiger charge is -2.22. The quantitative estimate of drug-likeness (QED) is 0.732. The third-order valence-corrected chi connectivity index (χ3v) is 2.80. The van der Waals surface area contributed by atoms with Crippen LogP contribution in [-0.2, 0) is 4.79 Å². The zero-order valence-electron chi connectivity index (χ0n) is 12.2. The van der Waals surface area contributed by atoms with Crippen LogP contribution in [0.4, 0.5) is 5.69 Å². The van der Waals surface area contributed by atoms with Gasteiger partial charge in [-0.1, -0.05) is 20.8 Å². The van der Waals surface area contributed by atoms with Gasteiger partial charge in [-0.2, -0.15) is 0 Å². The van der Waals surface area contributed by atoms with Gasteiger partial charge in [0.1, 0.15) is 5.75 Å². The lowest BCUT2D eigenvalue weighted by molar-refractivity contribution is -0.116. The monoisotopic (exact) mass is 264 g/mol. The van der Waals surface area contributed by atoms with Crippen molar-refractivity contribution in [3.63, 3.8) is 0 Å². The number of hydrogen-bond acceptors (Lipinski definition) is 3. The maximum Gasteiger partial charge on any atom is 0.225 e. The molecule has 4 nitrogen and oxygen atoms in total. The summed E-state index contributed by atoms with van der Waals surface area (Å²) in [7, 11) is 0. The number of carbonyl (C=O) groups is 1. The average molecular weight is 264 g/mol. The number of rotatable bonds is 4. The van der Waals surface area contributed by atoms with Gasteiger partial charge in [-0.15, -0.1) is 0 Å². The largest absolute Gasteiger partial charge is 0.508 e. The molecule has 0 bridgehead atoms. The molecule has 0 spiro atoms. The van der Waals surface area contributed by atoms with Crippen LogP contribution in [0.15, 0.2) is 18.2 Å². The van der Waals surface area contributed by atoms with E-state index >= 15 is 0 Å². The van der Waals surface area contributed by atoms with Crippen molar-refractivity contribution < 1.29 is 9.90 Å². The molecule has 1 aromatic carbocycles. The molecule has 1 aromatic rings. The number of nitrogens with one attached hydrogen (secondary N) is 1. The molecule has 4 N–H and O–H groups in total. The molecule has 4 heteroatoms. The van der Waals surface area contributed by atoms with Crippen LogP contribution in [-0.4, -0.2) is 17.1 Å². The van der Waals surface area contributed by atoms with Crippen molar-refractivity contribution in [2.75, 3.05) is 5.32 Å². The van der Waals surface area contributed by atoms with Gasteiger partial charge < -0.3 is 16.2 Å². The molecule has 106 valence electrons. The van der Waals surface area contributed by atoms with E-state index in [1.165, 1.54) is 0 Å². The first-order chi connectivity index (χ1) is 8.67. The van der Waals surface area contributed by atoms with Crippen LogP contribution in [0.1, 0.15) is 39.2 Å². The van der Waals surface area contributed by atoms with Crippen LogP contribution in [0.2, 0.25) is 0 Å². The third kappa shape index (κ3) is 5.75. The standard InChI is InChI=1S/C15H24N2O2/c1-10-7-12(5-6-13(10)18)17-14(19)8-11(16)9-15(2,3)4/h5-7,11,18H,8-9,16H2,1-4H3,(H,17,19). The lowest BCUT2D eigenvalue weighted by Crippen LogP contribution is -2.31. The van der Waals surface area contributed by atoms with Crippen molar-refractivity contribution in [3.05, 3.63) is 23.8 Å². The fourth-order valence-electron chi connectivity index (χ4n) is 2.04. The lowest BCUT2D eigenvalue weighted by atomic mass is 9.87. The second-order valence-corrected chi connectivity index (χ2v) is 6.28. The van der Waals surface area contributed by atoms with E-state index in [1.807, 2.05) is 0 Å². The van der Waals surface area contributed by atoms with Crippen LogP contribution in [0, 0.1) is 12.3 Å². The van der Waals surface area contributed by atoms with E-state index in [-0.39, 0.29) is 23.1 Å². The first-order valence-corrected chi connectivity index (χ1v) is 6.52. The van der Waals surface area contributed by atoms with Gasteiger partial charge in [0.25, 0.3) is 0 Å². The van der Waals surface area contributed by atoms with Gasteiger partial charge in [-0.3, -0.25) is 4.79 Å². The highest BCUT2D eigenvalue weighted by Crippen LogP contribution is 2.22. The van der Waals surface area contributed by atoms with Crippen LogP contribution in [0.3, 0.4) is 0 Å². The Morgan fingerprint density at radius 2 is 2.05 bits per heavy atom. The van der Waals surface area contributed by atoms with Gasteiger partial charge in [-0.05, 0) is 42.5 Å². The van der Waals surface area contributed by atoms with E-state index < -0.39 is 0 Å². The second-order valence-electron chi connectivity index (χ2n) is 6.28. The van der Waals surface area contributed by atoms with Crippen molar-refractivity contribution in [1.29, 1.82) is 0 Å². The van der Waals surface area contributed by atoms with E-state index in [1.54, 1.807) is 25.1 Å². The molecule has 0 saturated carbocycles. The average Bonchev–Trinajstić information content (AvgIpc) is 2.20. The van der Waals surface area contributed by atoms with Crippen molar-refractivity contribution in [3.8, 4) is 5.75 Å². The van der Waals surface area contributed by atoms with Crippen molar-refractivity contribution in [2.24, 2.45) is 11.1 Å². The Balaban J connectivity index is 2.53. The molecule has 0 fully saturated rings. The van der Waals surface area contributed by atoms with Crippen molar-refractivity contribution in [2.45, 2.75) is 46.6 Å². The Morgan fingerprint density at radius 1 is 1.42 bits per heavy atom. The van der Waals surface area contributed by atoms with E-state index in [2.05, 4.69) is 26.1 Å². The fraction of sp³-hybridized carbons (Fsp3) is 0.533. The number of amides is 1. The van der Waals surface area contributed by atoms with Crippen LogP contribution in [0.5, 0.6) is 5.75 Å². The molecule has 1 amide bonds. The molecular formula is C15H24N2O2. The highest BCUT2D eigenvalue weighted by molar-refractivity contribution is 5.91. The van der Waals surface area contributed by atoms with E-state index in [0.717, 1.165) is 12.0 Å². The summed E-state index contributed by atoms with van der Waals surface area (Å²) in [4.78, 5) is 11.9. The Bertz CT molecular complexity index is 450. The summed E-state index contributed by atoms with van der Waals surface area (Å²) in [6.45, 7) is 8.10. The maximum absolute atomic E-state index is 11.9. The smallest absolute Gasteiger partial charge is 0.225 e. The number of nitrogens with two attached hydrogens (primary N) is 1. The summed E-state index contributed by atoms with van der Waals surface area (Å²) in [5, 5.41) is 12.2. The highest BCUT2D eigenvalue weighted by Gasteiger charge is 2.18. The number of aryl methyl sites for hydroxylation is 1. The molecule has 0 heterocycles. The van der Waals surface area contributed by atoms with Crippen LogP contribution in [0.25, 0.3) is 0 Å². The van der Waals surface area contributed by atoms with Crippen molar-refractivity contribution in [1.82, 2.24) is 0 Å². The number of phenols is 1. The fourth-order valence-corrected chi connectivity index (χ4v) is 2.04. The van der Waals surface area contributed by atoms with Gasteiger partial charge in [0.15, 0.2) is 0 Å². The minimum atomic E-state index is -0.141. The Morgan fingerprint density at radius 3 is 2.58 bits per heavy atom. The molecule has 0 radical (unpaired) electrons. The van der Waals surface area contributed by atoms with Gasteiger partial charge in [0, 0.05) is 18.2 Å². The van der Waals surface area contributed by atoms with Crippen LogP contribution < -0.4 is 11.1 Å². The molecule has 0 aliphatic carbocycles. The minimum Gasteiger partial charge on any atom is -0.508 e. The Labute approximate surface area is 115 Å². The summed E-state index contributed by atoms with van der Waals surface area (Å²) in [5.41, 5.74) is 7.50. The molecule has 0 saturated heterocycles. The van der Waals surface area contributed by atoms with Crippen molar-refractivity contribution >= 4 is 11.6 Å². The molecule has 1 atom stereocenters. The van der Waals surface area contributed by atoms with E-state index in [4.69, 9.17) is 5.73 Å². The first-order valence-electron chi connectivity index (χ1n) is 6.52. The zero-order valence-corrected chi connectivity index (χ0v) is 12.2. The molecule has 1 unspecified atom stereocenters. The Hall–Kier alpha value is -1.55. The summed E-state index contributed by atoms with van der Waals surface area (Å²) in [6.07, 6.45) is 1.10. The minimum absolute atomic E-state index is 0.0955. The number of phenolic OH excluding ortho intramolecular Hbond substituents is 1. The first kappa shape index (κ1) is 15.5. The third-order valence-electron chi connectivity index (χ3n) is 2.80. The summed E-state index contributed by atoms with van der Waals surface area (Å²) in [6, 6.07) is 4.84. The highest BCUT2D eigenvalue weighted by atomic mass is 16.3. The van der Waals surface area contributed by atoms with Gasteiger partial charge >= 0.3 is 0 Å². The Kier molecular flexibility index (Phi) is 4.95. The number of benzene rings is 1. The number of carbonyl (C=O) groups excluding carboxylic acids is 1. The number of anilines is 1. The van der Waals surface area contributed by atoms with Gasteiger partial charge in [-0.25, -0.2) is 0 Å². The summed E-state index contributed by atoms with van der Waals surface area (Å²) < 4.78 is 0. The molecule has 0 aromatic heterocycles. The van der Waals surface area contributed by atoms with Gasteiger partial charge in [0.2, 0.25) is 5.91 Å². The second kappa shape index (κ2) is 6.06. The predicted octanol–water partition coefficient (Wildman–Crippen LogP) is 2.79. The number of hydrogen-bond donors (Lipinski definition) is 3. The van der Waals surface area contributed by atoms with E-state index in [0.29, 0.717) is 12.1 Å². The van der Waals surface area contributed by atoms with Gasteiger partial charge in [0.05, 0.1) is 0 Å². The van der Waals surface area contributed by atoms with E-state index in [9.17, 15) is 9.90 Å². The maximum atomic E-state index is 11.9. The number of aromatic hydroxyl groups is 1. The molecular weight excluding hydrogens is 240 g/mol. The summed E-state index contributed by atoms with van der Waals surface area (Å²) in [5.74, 6) is 0.129. The van der Waals surface area contributed by atoms with Crippen LogP contribution >= 0.6 is 0 Å². The molecule has 19 heavy (non-hydrogen) atoms. The molecule has 0 aliphatic heterocycles. The normalized spacial score (nSPS) is 13.1. The topological polar surface area (TPSA) is 75.4 Å². The SMILES string of the molecule is Cc1cc(NC(=O)CC(N)CC(C)(C)C)ccc1O. The molecule has 0 aliphatic rings.